The molecular weight excluding hydrogens is 420 g/mol. The Kier molecular flexibility index (Phi) is 10.1. The van der Waals surface area contributed by atoms with Gasteiger partial charge >= 0.3 is 0 Å². The number of unbranched alkanes of at least 4 members (excludes halogenated alkanes) is 3. The van der Waals surface area contributed by atoms with E-state index in [-0.39, 0.29) is 0 Å². The highest BCUT2D eigenvalue weighted by molar-refractivity contribution is 5.71. The lowest BCUT2D eigenvalue weighted by Crippen LogP contribution is -2.13. The normalized spacial score (nSPS) is 23.6. The van der Waals surface area contributed by atoms with Crippen LogP contribution in [0.15, 0.2) is 54.6 Å². The molecule has 0 aromatic heterocycles. The van der Waals surface area contributed by atoms with Crippen LogP contribution in [-0.2, 0) is 0 Å². The van der Waals surface area contributed by atoms with Gasteiger partial charge in [-0.3, -0.25) is 0 Å². The van der Waals surface area contributed by atoms with Gasteiger partial charge in [-0.05, 0) is 103 Å². The zero-order valence-corrected chi connectivity index (χ0v) is 22.9. The summed E-state index contributed by atoms with van der Waals surface area (Å²) in [5, 5.41) is 0. The summed E-state index contributed by atoms with van der Waals surface area (Å²) in [6.07, 6.45) is 21.9. The van der Waals surface area contributed by atoms with Crippen LogP contribution in [0.5, 0.6) is 0 Å². The summed E-state index contributed by atoms with van der Waals surface area (Å²) in [4.78, 5) is 0. The standard InChI is InChI=1S/C35H50/c1-4-6-7-8-9-28-10-14-30(15-11-28)32-18-22-34(23-19-32)35-24-20-33(21-25-35)31-16-12-29(13-17-31)26-27(3)5-2/h16,18-25,27-30H,4-15,17,26H2,1-3H3/t27?,28-,29?,30-. The summed E-state index contributed by atoms with van der Waals surface area (Å²) >= 11 is 0. The minimum atomic E-state index is 0.778. The van der Waals surface area contributed by atoms with Gasteiger partial charge in [0.15, 0.2) is 0 Å². The molecule has 1 saturated carbocycles. The van der Waals surface area contributed by atoms with Gasteiger partial charge in [0.2, 0.25) is 0 Å². The second-order valence-corrected chi connectivity index (χ2v) is 11.9. The van der Waals surface area contributed by atoms with E-state index in [1.165, 1.54) is 107 Å². The molecule has 0 saturated heterocycles. The van der Waals surface area contributed by atoms with Crippen LogP contribution in [0.3, 0.4) is 0 Å². The summed E-state index contributed by atoms with van der Waals surface area (Å²) in [5.41, 5.74) is 7.26. The zero-order valence-electron chi connectivity index (χ0n) is 22.9. The van der Waals surface area contributed by atoms with Crippen molar-refractivity contribution >= 4 is 5.57 Å². The van der Waals surface area contributed by atoms with E-state index in [1.807, 2.05) is 0 Å². The summed E-state index contributed by atoms with van der Waals surface area (Å²) in [7, 11) is 0. The molecule has 0 heterocycles. The van der Waals surface area contributed by atoms with E-state index in [0.29, 0.717) is 0 Å². The number of hydrogen-bond donors (Lipinski definition) is 0. The monoisotopic (exact) mass is 470 g/mol. The van der Waals surface area contributed by atoms with Crippen LogP contribution in [0.1, 0.15) is 128 Å². The molecule has 4 rings (SSSR count). The number of benzene rings is 2. The van der Waals surface area contributed by atoms with Crippen molar-refractivity contribution < 1.29 is 0 Å². The molecular formula is C35H50. The van der Waals surface area contributed by atoms with E-state index in [4.69, 9.17) is 0 Å². The molecule has 0 spiro atoms. The molecule has 0 N–H and O–H groups in total. The van der Waals surface area contributed by atoms with Gasteiger partial charge in [0.1, 0.15) is 0 Å². The second kappa shape index (κ2) is 13.5. The first-order valence-electron chi connectivity index (χ1n) is 15.1. The molecule has 2 aromatic carbocycles. The maximum absolute atomic E-state index is 2.53. The van der Waals surface area contributed by atoms with E-state index in [0.717, 1.165) is 23.7 Å². The predicted molar refractivity (Wildman–Crippen MR) is 155 cm³/mol. The summed E-state index contributed by atoms with van der Waals surface area (Å²) in [6.45, 7) is 7.04. The third-order valence-electron chi connectivity index (χ3n) is 9.24. The molecule has 0 aliphatic heterocycles. The van der Waals surface area contributed by atoms with Gasteiger partial charge in [-0.25, -0.2) is 0 Å². The Hall–Kier alpha value is -1.82. The molecule has 2 aliphatic rings. The first-order valence-corrected chi connectivity index (χ1v) is 15.1. The first-order chi connectivity index (χ1) is 17.2. The second-order valence-electron chi connectivity index (χ2n) is 11.9. The third kappa shape index (κ3) is 7.58. The lowest BCUT2D eigenvalue weighted by Gasteiger charge is -2.29. The summed E-state index contributed by atoms with van der Waals surface area (Å²) in [6, 6.07) is 18.9. The highest BCUT2D eigenvalue weighted by Crippen LogP contribution is 2.39. The largest absolute Gasteiger partial charge is 0.0804 e. The van der Waals surface area contributed by atoms with Gasteiger partial charge in [-0.2, -0.15) is 0 Å². The molecule has 0 bridgehead atoms. The Balaban J connectivity index is 1.28. The average molecular weight is 471 g/mol. The molecule has 0 amide bonds. The zero-order chi connectivity index (χ0) is 24.5. The Bertz CT molecular complexity index is 892. The van der Waals surface area contributed by atoms with Crippen molar-refractivity contribution in [2.24, 2.45) is 17.8 Å². The minimum Gasteiger partial charge on any atom is -0.0804 e. The van der Waals surface area contributed by atoms with Gasteiger partial charge < -0.3 is 0 Å². The van der Waals surface area contributed by atoms with Crippen molar-refractivity contribution in [2.45, 2.75) is 117 Å². The van der Waals surface area contributed by atoms with E-state index in [1.54, 1.807) is 11.1 Å². The first kappa shape index (κ1) is 26.2. The molecule has 190 valence electrons. The van der Waals surface area contributed by atoms with Crippen molar-refractivity contribution in [3.8, 4) is 11.1 Å². The molecule has 1 fully saturated rings. The van der Waals surface area contributed by atoms with Crippen molar-refractivity contribution in [3.05, 3.63) is 65.7 Å². The van der Waals surface area contributed by atoms with Crippen LogP contribution >= 0.6 is 0 Å². The molecule has 2 aliphatic carbocycles. The summed E-state index contributed by atoms with van der Waals surface area (Å²) in [5.74, 6) is 3.54. The van der Waals surface area contributed by atoms with Gasteiger partial charge in [-0.1, -0.05) is 114 Å². The lowest BCUT2D eigenvalue weighted by atomic mass is 9.77. The topological polar surface area (TPSA) is 0 Å². The Morgan fingerprint density at radius 2 is 1.37 bits per heavy atom. The van der Waals surface area contributed by atoms with Gasteiger partial charge in [0.25, 0.3) is 0 Å². The Morgan fingerprint density at radius 3 is 1.97 bits per heavy atom. The van der Waals surface area contributed by atoms with Crippen molar-refractivity contribution in [1.82, 2.24) is 0 Å². The Morgan fingerprint density at radius 1 is 0.714 bits per heavy atom. The number of rotatable bonds is 11. The fourth-order valence-electron chi connectivity index (χ4n) is 6.57. The van der Waals surface area contributed by atoms with Crippen molar-refractivity contribution in [1.29, 1.82) is 0 Å². The smallest absolute Gasteiger partial charge is 0.0162 e. The molecule has 0 heteroatoms. The molecule has 0 radical (unpaired) electrons. The summed E-state index contributed by atoms with van der Waals surface area (Å²) < 4.78 is 0. The lowest BCUT2D eigenvalue weighted by molar-refractivity contribution is 0.302. The van der Waals surface area contributed by atoms with E-state index in [2.05, 4.69) is 75.4 Å². The van der Waals surface area contributed by atoms with Crippen LogP contribution in [0.4, 0.5) is 0 Å². The van der Waals surface area contributed by atoms with Gasteiger partial charge in [0, 0.05) is 0 Å². The third-order valence-corrected chi connectivity index (χ3v) is 9.24. The van der Waals surface area contributed by atoms with E-state index < -0.39 is 0 Å². The minimum absolute atomic E-state index is 0.778. The average Bonchev–Trinajstić information content (AvgIpc) is 2.92. The van der Waals surface area contributed by atoms with Crippen LogP contribution < -0.4 is 0 Å². The fourth-order valence-corrected chi connectivity index (χ4v) is 6.57. The SMILES string of the molecule is CCCCCC[C@H]1CC[C@H](c2ccc(-c3ccc(C4=CCC(CC(C)CC)CC4)cc3)cc2)CC1. The van der Waals surface area contributed by atoms with E-state index in [9.17, 15) is 0 Å². The molecule has 0 nitrogen and oxygen atoms in total. The quantitative estimate of drug-likeness (QED) is 0.286. The molecule has 2 unspecified atom stereocenters. The molecule has 35 heavy (non-hydrogen) atoms. The highest BCUT2D eigenvalue weighted by Gasteiger charge is 2.22. The predicted octanol–water partition coefficient (Wildman–Crippen LogP) is 11.2. The van der Waals surface area contributed by atoms with Crippen LogP contribution in [0.2, 0.25) is 0 Å². The van der Waals surface area contributed by atoms with Crippen LogP contribution in [-0.4, -0.2) is 0 Å². The fraction of sp³-hybridized carbons (Fsp3) is 0.600. The number of allylic oxidation sites excluding steroid dienone is 2. The van der Waals surface area contributed by atoms with E-state index >= 15 is 0 Å². The maximum atomic E-state index is 2.53. The van der Waals surface area contributed by atoms with Crippen LogP contribution in [0.25, 0.3) is 16.7 Å². The number of hydrogen-bond acceptors (Lipinski definition) is 0. The molecule has 2 aromatic rings. The Labute approximate surface area is 216 Å². The van der Waals surface area contributed by atoms with Crippen molar-refractivity contribution in [3.63, 3.8) is 0 Å². The van der Waals surface area contributed by atoms with Crippen LogP contribution in [0, 0.1) is 17.8 Å². The van der Waals surface area contributed by atoms with Gasteiger partial charge in [0.05, 0.1) is 0 Å². The van der Waals surface area contributed by atoms with Gasteiger partial charge in [-0.15, -0.1) is 0 Å². The highest BCUT2D eigenvalue weighted by atomic mass is 14.3. The maximum Gasteiger partial charge on any atom is -0.0162 e. The molecule has 2 atom stereocenters. The van der Waals surface area contributed by atoms with Crippen molar-refractivity contribution in [2.75, 3.05) is 0 Å².